The van der Waals surface area contributed by atoms with Gasteiger partial charge in [-0.25, -0.2) is 4.79 Å². The average Bonchev–Trinajstić information content (AvgIpc) is 2.16. The van der Waals surface area contributed by atoms with Gasteiger partial charge in [-0.15, -0.1) is 0 Å². The minimum atomic E-state index is -2.95. The Bertz CT molecular complexity index is 482. The van der Waals surface area contributed by atoms with Crippen LogP contribution in [0.1, 0.15) is 18.6 Å². The lowest BCUT2D eigenvalue weighted by molar-refractivity contribution is 0.0597. The van der Waals surface area contributed by atoms with E-state index in [9.17, 15) is 4.79 Å². The number of carbonyl (C=O) groups excluding carboxylic acids is 1. The molecule has 0 saturated carbocycles. The summed E-state index contributed by atoms with van der Waals surface area (Å²) in [6.45, 7) is 0. The summed E-state index contributed by atoms with van der Waals surface area (Å²) in [5.74, 6) is -1.58. The van der Waals surface area contributed by atoms with Crippen molar-refractivity contribution >= 4 is 17.6 Å². The van der Waals surface area contributed by atoms with Crippen LogP contribution in [0.3, 0.4) is 0 Å². The zero-order chi connectivity index (χ0) is 14.8. The highest BCUT2D eigenvalue weighted by atomic mass is 35.5. The van der Waals surface area contributed by atoms with Crippen LogP contribution in [-0.2, 0) is 4.74 Å². The van der Waals surface area contributed by atoms with Crippen molar-refractivity contribution in [2.45, 2.75) is 0 Å². The molecule has 70 valence electrons. The molecule has 0 aliphatic heterocycles. The summed E-state index contributed by atoms with van der Waals surface area (Å²) < 4.78 is 50.1. The Balaban J connectivity index is 3.10. The Morgan fingerprint density at radius 3 is 3.08 bits per heavy atom. The molecule has 0 radical (unpaired) electrons. The Labute approximate surface area is 89.6 Å². The molecule has 0 bridgehead atoms. The topological polar surface area (TPSA) is 35.5 Å². The molecule has 0 N–H and O–H groups in total. The van der Waals surface area contributed by atoms with Crippen molar-refractivity contribution < 1.29 is 22.5 Å². The van der Waals surface area contributed by atoms with E-state index in [0.717, 1.165) is 12.1 Å². The minimum Gasteiger partial charge on any atom is -0.496 e. The van der Waals surface area contributed by atoms with Gasteiger partial charge in [0.2, 0.25) is 0 Å². The van der Waals surface area contributed by atoms with Crippen LogP contribution in [0.15, 0.2) is 18.2 Å². The smallest absolute Gasteiger partial charge is 0.341 e. The standard InChI is InChI=1S/C9H9ClO3/c1-12-8-4-3-6(10)5-7(8)9(11)13-2/h3-5H,1-2H3/i1+1D3,2+1D3. The number of hydrogen-bond donors (Lipinski definition) is 0. The van der Waals surface area contributed by atoms with Crippen LogP contribution >= 0.6 is 11.6 Å². The van der Waals surface area contributed by atoms with Gasteiger partial charge in [0.1, 0.15) is 11.3 Å². The maximum atomic E-state index is 11.6. The third-order valence-corrected chi connectivity index (χ3v) is 1.60. The van der Waals surface area contributed by atoms with Crippen LogP contribution in [0.5, 0.6) is 5.75 Å². The maximum absolute atomic E-state index is 11.6. The first-order valence-corrected chi connectivity index (χ1v) is 3.58. The van der Waals surface area contributed by atoms with E-state index in [1.54, 1.807) is 0 Å². The Hall–Kier alpha value is -1.22. The highest BCUT2D eigenvalue weighted by Gasteiger charge is 2.12. The quantitative estimate of drug-likeness (QED) is 0.552. The lowest BCUT2D eigenvalue weighted by Crippen LogP contribution is -2.03. The predicted molar refractivity (Wildman–Crippen MR) is 49.3 cm³/mol. The monoisotopic (exact) mass is 208 g/mol. The van der Waals surface area contributed by atoms with Crippen molar-refractivity contribution in [2.24, 2.45) is 0 Å². The molecule has 0 atom stereocenters. The molecule has 0 heterocycles. The predicted octanol–water partition coefficient (Wildman–Crippen LogP) is 2.14. The number of carbonyl (C=O) groups is 1. The average molecular weight is 209 g/mol. The third kappa shape index (κ3) is 2.12. The van der Waals surface area contributed by atoms with E-state index in [1.165, 1.54) is 6.07 Å². The SMILES string of the molecule is [2H][13C]([2H])([2H])OC(=O)c1cc(Cl)ccc1O[13C]([2H])([2H])[2H]. The largest absolute Gasteiger partial charge is 0.496 e. The van der Waals surface area contributed by atoms with Gasteiger partial charge in [0.15, 0.2) is 0 Å². The molecule has 1 aromatic carbocycles. The molecular weight excluding hydrogens is 194 g/mol. The molecule has 0 aromatic heterocycles. The van der Waals surface area contributed by atoms with Gasteiger partial charge in [-0.1, -0.05) is 11.6 Å². The van der Waals surface area contributed by atoms with E-state index >= 15 is 0 Å². The zero-order valence-electron chi connectivity index (χ0n) is 12.3. The van der Waals surface area contributed by atoms with Crippen molar-refractivity contribution in [1.29, 1.82) is 0 Å². The molecule has 0 unspecified atom stereocenters. The number of methoxy groups -OCH3 is 2. The summed E-state index contributed by atoms with van der Waals surface area (Å²) in [6.07, 6.45) is 0. The molecule has 13 heavy (non-hydrogen) atoms. The van der Waals surface area contributed by atoms with E-state index < -0.39 is 20.0 Å². The van der Waals surface area contributed by atoms with Crippen molar-refractivity contribution in [1.82, 2.24) is 0 Å². The maximum Gasteiger partial charge on any atom is 0.341 e. The molecule has 0 amide bonds. The van der Waals surface area contributed by atoms with Gasteiger partial charge in [0.25, 0.3) is 0 Å². The highest BCUT2D eigenvalue weighted by Crippen LogP contribution is 2.22. The molecule has 1 rings (SSSR count). The van der Waals surface area contributed by atoms with Gasteiger partial charge in [-0.3, -0.25) is 0 Å². The molecule has 1 aromatic rings. The number of rotatable bonds is 2. The lowest BCUT2D eigenvalue weighted by Gasteiger charge is -2.06. The number of ether oxygens (including phenoxy) is 2. The van der Waals surface area contributed by atoms with Crippen LogP contribution in [0.2, 0.25) is 5.02 Å². The van der Waals surface area contributed by atoms with Gasteiger partial charge in [0, 0.05) is 5.02 Å². The van der Waals surface area contributed by atoms with Crippen molar-refractivity contribution in [2.75, 3.05) is 14.1 Å². The van der Waals surface area contributed by atoms with Gasteiger partial charge < -0.3 is 9.47 Å². The zero-order valence-corrected chi connectivity index (χ0v) is 7.09. The molecule has 4 heteroatoms. The molecule has 0 aliphatic rings. The first-order chi connectivity index (χ1) is 8.48. The van der Waals surface area contributed by atoms with Crippen molar-refractivity contribution in [3.05, 3.63) is 28.8 Å². The fourth-order valence-electron chi connectivity index (χ4n) is 0.806. The minimum absolute atomic E-state index is 0.107. The molecule has 0 spiro atoms. The summed E-state index contributed by atoms with van der Waals surface area (Å²) in [7, 11) is -5.74. The number of halogens is 1. The van der Waals surface area contributed by atoms with Gasteiger partial charge >= 0.3 is 5.97 Å². The summed E-state index contributed by atoms with van der Waals surface area (Å²) >= 11 is 5.66. The summed E-state index contributed by atoms with van der Waals surface area (Å²) in [5.41, 5.74) is -0.375. The second-order valence-corrected chi connectivity index (χ2v) is 2.57. The summed E-state index contributed by atoms with van der Waals surface area (Å²) in [5, 5.41) is 0.107. The summed E-state index contributed by atoms with van der Waals surface area (Å²) in [4.78, 5) is 11.6. The van der Waals surface area contributed by atoms with Gasteiger partial charge in [0.05, 0.1) is 22.3 Å². The van der Waals surface area contributed by atoms with E-state index in [4.69, 9.17) is 19.8 Å². The molecular formula is C9H9ClO3. The van der Waals surface area contributed by atoms with Crippen LogP contribution in [0, 0.1) is 0 Å². The highest BCUT2D eigenvalue weighted by molar-refractivity contribution is 6.31. The fraction of sp³-hybridized carbons (Fsp3) is 0.222. The molecule has 0 fully saturated rings. The van der Waals surface area contributed by atoms with E-state index in [0.29, 0.717) is 0 Å². The summed E-state index contributed by atoms with van der Waals surface area (Å²) in [6, 6.07) is 3.51. The van der Waals surface area contributed by atoms with Crippen LogP contribution < -0.4 is 4.74 Å². The Kier molecular flexibility index (Phi) is 1.38. The first-order valence-electron chi connectivity index (χ1n) is 6.20. The van der Waals surface area contributed by atoms with Crippen LogP contribution in [0.4, 0.5) is 0 Å². The van der Waals surface area contributed by atoms with Crippen molar-refractivity contribution in [3.8, 4) is 5.75 Å². The first kappa shape index (κ1) is 4.33. The second-order valence-electron chi connectivity index (χ2n) is 2.13. The second kappa shape index (κ2) is 4.14. The Morgan fingerprint density at radius 2 is 2.38 bits per heavy atom. The van der Waals surface area contributed by atoms with Crippen molar-refractivity contribution in [3.63, 3.8) is 0 Å². The Morgan fingerprint density at radius 1 is 1.54 bits per heavy atom. The van der Waals surface area contributed by atoms with E-state index in [1.807, 2.05) is 0 Å². The molecule has 0 aliphatic carbocycles. The molecule has 0 saturated heterocycles. The third-order valence-electron chi connectivity index (χ3n) is 1.36. The van der Waals surface area contributed by atoms with Gasteiger partial charge in [-0.05, 0) is 18.2 Å². The molecule has 3 nitrogen and oxygen atoms in total. The normalized spacial score (nSPS) is 18.2. The van der Waals surface area contributed by atoms with Gasteiger partial charge in [-0.2, -0.15) is 0 Å². The lowest BCUT2D eigenvalue weighted by atomic mass is 10.2. The van der Waals surface area contributed by atoms with E-state index in [2.05, 4.69) is 9.47 Å². The van der Waals surface area contributed by atoms with Crippen LogP contribution in [0.25, 0.3) is 0 Å². The number of esters is 1. The fourth-order valence-corrected chi connectivity index (χ4v) is 0.978. The van der Waals surface area contributed by atoms with E-state index in [-0.39, 0.29) is 16.3 Å². The number of benzene rings is 1. The number of hydrogen-bond acceptors (Lipinski definition) is 3. The van der Waals surface area contributed by atoms with Crippen LogP contribution in [-0.4, -0.2) is 20.0 Å².